The van der Waals surface area contributed by atoms with Gasteiger partial charge in [-0.25, -0.2) is 4.39 Å². The molecule has 0 unspecified atom stereocenters. The second-order valence-corrected chi connectivity index (χ2v) is 3.99. The Hall–Kier alpha value is -1.96. The van der Waals surface area contributed by atoms with Gasteiger partial charge in [-0.2, -0.15) is 0 Å². The molecule has 2 rings (SSSR count). The van der Waals surface area contributed by atoms with Gasteiger partial charge in [-0.15, -0.1) is 0 Å². The van der Waals surface area contributed by atoms with Crippen LogP contribution in [0.4, 0.5) is 4.39 Å². The molecule has 0 radical (unpaired) electrons. The van der Waals surface area contributed by atoms with Crippen molar-refractivity contribution < 1.29 is 9.18 Å². The molecule has 86 valence electrons. The van der Waals surface area contributed by atoms with Gasteiger partial charge in [0.05, 0.1) is 0 Å². The lowest BCUT2D eigenvalue weighted by Gasteiger charge is -2.11. The number of rotatable bonds is 3. The smallest absolute Gasteiger partial charge is 0.124 e. The molecular formula is C15H13FO. The van der Waals surface area contributed by atoms with E-state index in [2.05, 4.69) is 0 Å². The standard InChI is InChI=1S/C15H13FO/c1-11-4-2-5-12(8-9-17)15(11)13-6-3-7-14(16)10-13/h2-7,9-10H,8H2,1H3. The third-order valence-electron chi connectivity index (χ3n) is 2.78. The highest BCUT2D eigenvalue weighted by atomic mass is 19.1. The van der Waals surface area contributed by atoms with Gasteiger partial charge in [0.15, 0.2) is 0 Å². The summed E-state index contributed by atoms with van der Waals surface area (Å²) in [7, 11) is 0. The summed E-state index contributed by atoms with van der Waals surface area (Å²) in [5.74, 6) is -0.261. The van der Waals surface area contributed by atoms with Crippen molar-refractivity contribution in [2.45, 2.75) is 13.3 Å². The Kier molecular flexibility index (Phi) is 3.33. The summed E-state index contributed by atoms with van der Waals surface area (Å²) in [4.78, 5) is 10.7. The first-order valence-corrected chi connectivity index (χ1v) is 5.50. The topological polar surface area (TPSA) is 17.1 Å². The van der Waals surface area contributed by atoms with Crippen molar-refractivity contribution in [1.29, 1.82) is 0 Å². The van der Waals surface area contributed by atoms with Crippen molar-refractivity contribution in [2.75, 3.05) is 0 Å². The van der Waals surface area contributed by atoms with Gasteiger partial charge in [0.1, 0.15) is 12.1 Å². The number of carbonyl (C=O) groups is 1. The zero-order chi connectivity index (χ0) is 12.3. The van der Waals surface area contributed by atoms with Gasteiger partial charge < -0.3 is 4.79 Å². The summed E-state index contributed by atoms with van der Waals surface area (Å²) >= 11 is 0. The summed E-state index contributed by atoms with van der Waals surface area (Å²) in [6.07, 6.45) is 1.23. The number of aryl methyl sites for hydroxylation is 1. The average molecular weight is 228 g/mol. The Morgan fingerprint density at radius 2 is 1.94 bits per heavy atom. The van der Waals surface area contributed by atoms with Gasteiger partial charge in [-0.1, -0.05) is 30.3 Å². The lowest BCUT2D eigenvalue weighted by Crippen LogP contribution is -1.94. The zero-order valence-corrected chi connectivity index (χ0v) is 9.61. The Labute approximate surface area is 99.9 Å². The number of aldehydes is 1. The molecule has 17 heavy (non-hydrogen) atoms. The fraction of sp³-hybridized carbons (Fsp3) is 0.133. The van der Waals surface area contributed by atoms with Gasteiger partial charge in [0.2, 0.25) is 0 Å². The molecule has 0 spiro atoms. The van der Waals surface area contributed by atoms with E-state index in [4.69, 9.17) is 0 Å². The Bertz CT molecular complexity index is 546. The molecule has 1 nitrogen and oxygen atoms in total. The molecular weight excluding hydrogens is 215 g/mol. The predicted molar refractivity (Wildman–Crippen MR) is 66.3 cm³/mol. The Balaban J connectivity index is 2.60. The van der Waals surface area contributed by atoms with E-state index in [9.17, 15) is 9.18 Å². The lowest BCUT2D eigenvalue weighted by molar-refractivity contribution is -0.107. The van der Waals surface area contributed by atoms with E-state index in [0.29, 0.717) is 6.42 Å². The van der Waals surface area contributed by atoms with E-state index in [1.807, 2.05) is 31.2 Å². The van der Waals surface area contributed by atoms with Gasteiger partial charge in [0, 0.05) is 6.42 Å². The van der Waals surface area contributed by atoms with E-state index in [0.717, 1.165) is 28.5 Å². The van der Waals surface area contributed by atoms with E-state index >= 15 is 0 Å². The number of halogens is 1. The van der Waals surface area contributed by atoms with Crippen LogP contribution >= 0.6 is 0 Å². The van der Waals surface area contributed by atoms with Crippen LogP contribution in [0.5, 0.6) is 0 Å². The summed E-state index contributed by atoms with van der Waals surface area (Å²) in [6, 6.07) is 12.2. The van der Waals surface area contributed by atoms with Gasteiger partial charge in [-0.05, 0) is 41.3 Å². The van der Waals surface area contributed by atoms with Crippen molar-refractivity contribution in [3.8, 4) is 11.1 Å². The van der Waals surface area contributed by atoms with Crippen LogP contribution in [-0.2, 0) is 11.2 Å². The van der Waals surface area contributed by atoms with Gasteiger partial charge in [-0.3, -0.25) is 0 Å². The molecule has 2 aromatic carbocycles. The summed E-state index contributed by atoms with van der Waals surface area (Å²) in [5.41, 5.74) is 3.76. The molecule has 2 heteroatoms. The third-order valence-corrected chi connectivity index (χ3v) is 2.78. The molecule has 0 atom stereocenters. The maximum absolute atomic E-state index is 13.2. The third kappa shape index (κ3) is 2.41. The van der Waals surface area contributed by atoms with E-state index < -0.39 is 0 Å². The molecule has 0 aliphatic carbocycles. The highest BCUT2D eigenvalue weighted by molar-refractivity contribution is 5.74. The minimum Gasteiger partial charge on any atom is -0.303 e. The van der Waals surface area contributed by atoms with Crippen LogP contribution in [0.3, 0.4) is 0 Å². The van der Waals surface area contributed by atoms with E-state index in [1.54, 1.807) is 6.07 Å². The second kappa shape index (κ2) is 4.91. The second-order valence-electron chi connectivity index (χ2n) is 3.99. The molecule has 0 aromatic heterocycles. The molecule has 0 saturated heterocycles. The summed E-state index contributed by atoms with van der Waals surface area (Å²) < 4.78 is 13.2. The van der Waals surface area contributed by atoms with Crippen LogP contribution in [0, 0.1) is 12.7 Å². The molecule has 0 aliphatic heterocycles. The van der Waals surface area contributed by atoms with E-state index in [-0.39, 0.29) is 5.82 Å². The quantitative estimate of drug-likeness (QED) is 0.734. The van der Waals surface area contributed by atoms with E-state index in [1.165, 1.54) is 12.1 Å². The highest BCUT2D eigenvalue weighted by Gasteiger charge is 2.08. The van der Waals surface area contributed by atoms with Gasteiger partial charge in [0.25, 0.3) is 0 Å². The molecule has 2 aromatic rings. The van der Waals surface area contributed by atoms with Gasteiger partial charge >= 0.3 is 0 Å². The Morgan fingerprint density at radius 1 is 1.18 bits per heavy atom. The number of hydrogen-bond acceptors (Lipinski definition) is 1. The van der Waals surface area contributed by atoms with Crippen molar-refractivity contribution in [3.63, 3.8) is 0 Å². The van der Waals surface area contributed by atoms with Crippen LogP contribution in [0.2, 0.25) is 0 Å². The maximum Gasteiger partial charge on any atom is 0.124 e. The fourth-order valence-electron chi connectivity index (χ4n) is 2.05. The summed E-state index contributed by atoms with van der Waals surface area (Å²) in [5, 5.41) is 0. The first kappa shape index (κ1) is 11.5. The fourth-order valence-corrected chi connectivity index (χ4v) is 2.05. The maximum atomic E-state index is 13.2. The van der Waals surface area contributed by atoms with Crippen LogP contribution in [0.15, 0.2) is 42.5 Å². The largest absolute Gasteiger partial charge is 0.303 e. The first-order valence-electron chi connectivity index (χ1n) is 5.50. The number of benzene rings is 2. The van der Waals surface area contributed by atoms with Crippen LogP contribution in [-0.4, -0.2) is 6.29 Å². The van der Waals surface area contributed by atoms with Crippen molar-refractivity contribution in [1.82, 2.24) is 0 Å². The molecule has 0 N–H and O–H groups in total. The molecule has 0 amide bonds. The SMILES string of the molecule is Cc1cccc(CC=O)c1-c1cccc(F)c1. The molecule has 0 bridgehead atoms. The van der Waals surface area contributed by atoms with Crippen LogP contribution in [0.1, 0.15) is 11.1 Å². The molecule has 0 saturated carbocycles. The average Bonchev–Trinajstić information content (AvgIpc) is 2.29. The van der Waals surface area contributed by atoms with Crippen molar-refractivity contribution >= 4 is 6.29 Å². The molecule has 0 fully saturated rings. The molecule has 0 heterocycles. The van der Waals surface area contributed by atoms with Crippen molar-refractivity contribution in [3.05, 3.63) is 59.4 Å². The first-order chi connectivity index (χ1) is 8.22. The lowest BCUT2D eigenvalue weighted by atomic mass is 9.94. The highest BCUT2D eigenvalue weighted by Crippen LogP contribution is 2.28. The normalized spacial score (nSPS) is 10.2. The monoisotopic (exact) mass is 228 g/mol. The molecule has 0 aliphatic rings. The Morgan fingerprint density at radius 3 is 2.65 bits per heavy atom. The van der Waals surface area contributed by atoms with Crippen LogP contribution in [0.25, 0.3) is 11.1 Å². The van der Waals surface area contributed by atoms with Crippen molar-refractivity contribution in [2.24, 2.45) is 0 Å². The summed E-state index contributed by atoms with van der Waals surface area (Å²) in [6.45, 7) is 1.97. The predicted octanol–water partition coefficient (Wildman–Crippen LogP) is 3.54. The minimum atomic E-state index is -0.261. The number of carbonyl (C=O) groups excluding carboxylic acids is 1. The minimum absolute atomic E-state index is 0.261. The van der Waals surface area contributed by atoms with Crippen LogP contribution < -0.4 is 0 Å². The number of hydrogen-bond donors (Lipinski definition) is 0. The zero-order valence-electron chi connectivity index (χ0n) is 9.61.